The third-order valence-electron chi connectivity index (χ3n) is 3.38. The minimum atomic E-state index is -3.53. The average molecular weight is 325 g/mol. The van der Waals surface area contributed by atoms with Crippen LogP contribution >= 0.6 is 11.3 Å². The van der Waals surface area contributed by atoms with E-state index in [-0.39, 0.29) is 11.5 Å². The highest BCUT2D eigenvalue weighted by atomic mass is 32.2. The van der Waals surface area contributed by atoms with Crippen molar-refractivity contribution >= 4 is 21.4 Å². The Labute approximate surface area is 129 Å². The first-order valence-corrected chi connectivity index (χ1v) is 8.96. The van der Waals surface area contributed by atoms with Gasteiger partial charge in [0.2, 0.25) is 10.0 Å². The van der Waals surface area contributed by atoms with E-state index < -0.39 is 10.0 Å². The summed E-state index contributed by atoms with van der Waals surface area (Å²) in [6.07, 6.45) is 0.701. The van der Waals surface area contributed by atoms with Crippen molar-refractivity contribution in [1.29, 1.82) is 0 Å². The maximum atomic E-state index is 12.6. The largest absolute Gasteiger partial charge is 0.392 e. The predicted octanol–water partition coefficient (Wildman–Crippen LogP) is 2.41. The molecule has 1 aromatic carbocycles. The Morgan fingerprint density at radius 1 is 1.29 bits per heavy atom. The highest BCUT2D eigenvalue weighted by molar-refractivity contribution is 7.89. The van der Waals surface area contributed by atoms with E-state index in [2.05, 4.69) is 0 Å². The first kappa shape index (κ1) is 16.2. The van der Waals surface area contributed by atoms with Crippen molar-refractivity contribution in [3.05, 3.63) is 51.7 Å². The van der Waals surface area contributed by atoms with Crippen molar-refractivity contribution in [2.45, 2.75) is 24.8 Å². The highest BCUT2D eigenvalue weighted by Crippen LogP contribution is 2.21. The van der Waals surface area contributed by atoms with Crippen molar-refractivity contribution in [3.63, 3.8) is 0 Å². The van der Waals surface area contributed by atoms with Gasteiger partial charge in [0.1, 0.15) is 0 Å². The highest BCUT2D eigenvalue weighted by Gasteiger charge is 2.22. The molecule has 0 aliphatic rings. The summed E-state index contributed by atoms with van der Waals surface area (Å²) in [5.41, 5.74) is 1.29. The van der Waals surface area contributed by atoms with Crippen LogP contribution in [0.25, 0.3) is 0 Å². The summed E-state index contributed by atoms with van der Waals surface area (Å²) in [7, 11) is -1.94. The quantitative estimate of drug-likeness (QED) is 0.887. The van der Waals surface area contributed by atoms with Crippen LogP contribution in [0.4, 0.5) is 0 Å². The van der Waals surface area contributed by atoms with E-state index in [1.807, 2.05) is 17.5 Å². The normalized spacial score (nSPS) is 12.0. The zero-order valence-corrected chi connectivity index (χ0v) is 13.7. The molecule has 0 saturated carbocycles. The second-order valence-corrected chi connectivity index (χ2v) is 7.96. The summed E-state index contributed by atoms with van der Waals surface area (Å²) >= 11 is 1.63. The molecule has 1 N–H and O–H groups in total. The molecule has 0 aliphatic heterocycles. The summed E-state index contributed by atoms with van der Waals surface area (Å²) in [6, 6.07) is 8.98. The number of aryl methyl sites for hydroxylation is 1. The summed E-state index contributed by atoms with van der Waals surface area (Å²) in [5, 5.41) is 11.2. The number of hydrogen-bond donors (Lipinski definition) is 1. The fourth-order valence-corrected chi connectivity index (χ4v) is 4.17. The van der Waals surface area contributed by atoms with Crippen LogP contribution in [0.2, 0.25) is 0 Å². The van der Waals surface area contributed by atoms with E-state index >= 15 is 0 Å². The van der Waals surface area contributed by atoms with E-state index in [0.717, 1.165) is 4.88 Å². The lowest BCUT2D eigenvalue weighted by molar-refractivity contribution is 0.281. The third-order valence-corrected chi connectivity index (χ3v) is 6.31. The minimum Gasteiger partial charge on any atom is -0.392 e. The van der Waals surface area contributed by atoms with Crippen LogP contribution in [0.1, 0.15) is 16.0 Å². The Hall–Kier alpha value is -1.21. The molecule has 0 atom stereocenters. The van der Waals surface area contributed by atoms with Gasteiger partial charge in [-0.05, 0) is 42.0 Å². The van der Waals surface area contributed by atoms with E-state index in [4.69, 9.17) is 0 Å². The van der Waals surface area contributed by atoms with Crippen molar-refractivity contribution in [3.8, 4) is 0 Å². The van der Waals surface area contributed by atoms with Gasteiger partial charge in [0.15, 0.2) is 0 Å². The Balaban J connectivity index is 2.20. The first-order chi connectivity index (χ1) is 9.95. The molecule has 2 rings (SSSR count). The Bertz CT molecular complexity index is 694. The fourth-order valence-electron chi connectivity index (χ4n) is 2.03. The van der Waals surface area contributed by atoms with E-state index in [1.54, 1.807) is 43.5 Å². The van der Waals surface area contributed by atoms with Gasteiger partial charge < -0.3 is 5.11 Å². The number of hydrogen-bond acceptors (Lipinski definition) is 4. The molecule has 21 heavy (non-hydrogen) atoms. The van der Waals surface area contributed by atoms with Gasteiger partial charge in [0.25, 0.3) is 0 Å². The van der Waals surface area contributed by atoms with E-state index in [0.29, 0.717) is 24.1 Å². The fraction of sp³-hybridized carbons (Fsp3) is 0.333. The smallest absolute Gasteiger partial charge is 0.243 e. The predicted molar refractivity (Wildman–Crippen MR) is 84.9 cm³/mol. The molecule has 114 valence electrons. The third kappa shape index (κ3) is 3.71. The molecule has 0 radical (unpaired) electrons. The van der Waals surface area contributed by atoms with Crippen molar-refractivity contribution in [2.75, 3.05) is 13.6 Å². The molecule has 0 fully saturated rings. The molecule has 2 aromatic rings. The number of nitrogens with zero attached hydrogens (tertiary/aromatic N) is 1. The second kappa shape index (κ2) is 6.70. The second-order valence-electron chi connectivity index (χ2n) is 4.91. The lowest BCUT2D eigenvalue weighted by Gasteiger charge is -2.18. The lowest BCUT2D eigenvalue weighted by Crippen LogP contribution is -2.29. The van der Waals surface area contributed by atoms with E-state index in [1.165, 1.54) is 4.31 Å². The molecule has 6 heteroatoms. The summed E-state index contributed by atoms with van der Waals surface area (Å²) < 4.78 is 26.6. The molecular weight excluding hydrogens is 306 g/mol. The molecule has 1 aromatic heterocycles. The lowest BCUT2D eigenvalue weighted by atomic mass is 10.2. The van der Waals surface area contributed by atoms with Gasteiger partial charge >= 0.3 is 0 Å². The van der Waals surface area contributed by atoms with Crippen LogP contribution in [0.3, 0.4) is 0 Å². The standard InChI is InChI=1S/C15H19NO3S2/c1-12-5-6-13(11-17)10-15(12)21(18,19)16(2)8-7-14-4-3-9-20-14/h3-6,9-10,17H,7-8,11H2,1-2H3. The summed E-state index contributed by atoms with van der Waals surface area (Å²) in [6.45, 7) is 2.04. The van der Waals surface area contributed by atoms with Crippen LogP contribution in [0, 0.1) is 6.92 Å². The summed E-state index contributed by atoms with van der Waals surface area (Å²) in [5.74, 6) is 0. The molecule has 0 spiro atoms. The van der Waals surface area contributed by atoms with Crippen LogP contribution in [0.5, 0.6) is 0 Å². The van der Waals surface area contributed by atoms with Crippen molar-refractivity contribution in [2.24, 2.45) is 0 Å². The van der Waals surface area contributed by atoms with Crippen LogP contribution < -0.4 is 0 Å². The minimum absolute atomic E-state index is 0.165. The van der Waals surface area contributed by atoms with Crippen molar-refractivity contribution < 1.29 is 13.5 Å². The van der Waals surface area contributed by atoms with E-state index in [9.17, 15) is 13.5 Å². The number of benzene rings is 1. The number of likely N-dealkylation sites (N-methyl/N-ethyl adjacent to an activating group) is 1. The number of sulfonamides is 1. The zero-order chi connectivity index (χ0) is 15.5. The molecule has 0 saturated heterocycles. The Morgan fingerprint density at radius 2 is 2.05 bits per heavy atom. The number of aliphatic hydroxyl groups excluding tert-OH is 1. The number of thiophene rings is 1. The van der Waals surface area contributed by atoms with Crippen molar-refractivity contribution in [1.82, 2.24) is 4.31 Å². The summed E-state index contributed by atoms with van der Waals surface area (Å²) in [4.78, 5) is 1.43. The Kier molecular flexibility index (Phi) is 5.16. The molecular formula is C15H19NO3S2. The van der Waals surface area contributed by atoms with Crippen LogP contribution in [-0.2, 0) is 23.1 Å². The van der Waals surface area contributed by atoms with Crippen LogP contribution in [-0.4, -0.2) is 31.4 Å². The first-order valence-electron chi connectivity index (χ1n) is 6.64. The maximum absolute atomic E-state index is 12.6. The van der Waals surface area contributed by atoms with Gasteiger partial charge in [-0.2, -0.15) is 0 Å². The molecule has 0 unspecified atom stereocenters. The number of rotatable bonds is 6. The molecule has 0 amide bonds. The molecule has 1 heterocycles. The number of aliphatic hydroxyl groups is 1. The van der Waals surface area contributed by atoms with Gasteiger partial charge in [-0.3, -0.25) is 0 Å². The molecule has 4 nitrogen and oxygen atoms in total. The van der Waals surface area contributed by atoms with Gasteiger partial charge in [-0.25, -0.2) is 12.7 Å². The maximum Gasteiger partial charge on any atom is 0.243 e. The SMILES string of the molecule is Cc1ccc(CO)cc1S(=O)(=O)N(C)CCc1cccs1. The van der Waals surface area contributed by atoms with Gasteiger partial charge in [0, 0.05) is 18.5 Å². The zero-order valence-electron chi connectivity index (χ0n) is 12.1. The topological polar surface area (TPSA) is 57.6 Å². The van der Waals surface area contributed by atoms with Gasteiger partial charge in [0.05, 0.1) is 11.5 Å². The Morgan fingerprint density at radius 3 is 2.67 bits per heavy atom. The molecule has 0 aliphatic carbocycles. The average Bonchev–Trinajstić information content (AvgIpc) is 2.98. The molecule has 0 bridgehead atoms. The van der Waals surface area contributed by atoms with Gasteiger partial charge in [-0.15, -0.1) is 11.3 Å². The monoisotopic (exact) mass is 325 g/mol. The van der Waals surface area contributed by atoms with Gasteiger partial charge in [-0.1, -0.05) is 18.2 Å². The van der Waals surface area contributed by atoms with Crippen LogP contribution in [0.15, 0.2) is 40.6 Å².